The molecule has 1 aromatic heterocycles. The maximum atomic E-state index is 6.00. The molecule has 0 radical (unpaired) electrons. The highest BCUT2D eigenvalue weighted by atomic mass is 16.5. The Morgan fingerprint density at radius 1 is 1.47 bits per heavy atom. The van der Waals surface area contributed by atoms with E-state index in [4.69, 9.17) is 4.74 Å². The van der Waals surface area contributed by atoms with E-state index in [-0.39, 0.29) is 0 Å². The third-order valence-electron chi connectivity index (χ3n) is 3.49. The predicted molar refractivity (Wildman–Crippen MR) is 70.0 cm³/mol. The summed E-state index contributed by atoms with van der Waals surface area (Å²) in [7, 11) is 1.90. The van der Waals surface area contributed by atoms with Gasteiger partial charge >= 0.3 is 0 Å². The van der Waals surface area contributed by atoms with E-state index >= 15 is 0 Å². The third-order valence-corrected chi connectivity index (χ3v) is 3.49. The largest absolute Gasteiger partial charge is 0.373 e. The van der Waals surface area contributed by atoms with Gasteiger partial charge in [0.2, 0.25) is 0 Å². The summed E-state index contributed by atoms with van der Waals surface area (Å²) in [5.74, 6) is 1.74. The van der Waals surface area contributed by atoms with Crippen LogP contribution in [-0.2, 0) is 11.3 Å². The van der Waals surface area contributed by atoms with Gasteiger partial charge in [-0.2, -0.15) is 0 Å². The van der Waals surface area contributed by atoms with Gasteiger partial charge in [-0.1, -0.05) is 25.8 Å². The van der Waals surface area contributed by atoms with Crippen molar-refractivity contribution in [2.75, 3.05) is 12.4 Å². The smallest absolute Gasteiger partial charge is 0.131 e. The Labute approximate surface area is 104 Å². The molecule has 1 N–H and O–H groups in total. The summed E-state index contributed by atoms with van der Waals surface area (Å²) in [5.41, 5.74) is 1.15. The molecule has 0 saturated heterocycles. The van der Waals surface area contributed by atoms with Gasteiger partial charge in [-0.3, -0.25) is 0 Å². The normalized spacial score (nSPS) is 24.6. The monoisotopic (exact) mass is 234 g/mol. The topological polar surface area (TPSA) is 34.2 Å². The molecule has 0 aliphatic heterocycles. The summed E-state index contributed by atoms with van der Waals surface area (Å²) >= 11 is 0. The van der Waals surface area contributed by atoms with E-state index in [9.17, 15) is 0 Å². The lowest BCUT2D eigenvalue weighted by Gasteiger charge is -2.27. The molecule has 1 aliphatic rings. The number of hydrogen-bond donors (Lipinski definition) is 1. The first kappa shape index (κ1) is 12.4. The SMILES string of the molecule is CNc1ncccc1COC1CCCC(C)C1. The fourth-order valence-electron chi connectivity index (χ4n) is 2.52. The van der Waals surface area contributed by atoms with Crippen LogP contribution >= 0.6 is 0 Å². The van der Waals surface area contributed by atoms with Crippen LogP contribution in [-0.4, -0.2) is 18.1 Å². The number of nitrogens with zero attached hydrogens (tertiary/aromatic N) is 1. The van der Waals surface area contributed by atoms with Crippen molar-refractivity contribution in [2.45, 2.75) is 45.3 Å². The lowest BCUT2D eigenvalue weighted by Crippen LogP contribution is -2.21. The molecule has 3 heteroatoms. The average Bonchev–Trinajstić information content (AvgIpc) is 2.37. The van der Waals surface area contributed by atoms with Crippen molar-refractivity contribution in [3.05, 3.63) is 23.9 Å². The standard InChI is InChI=1S/C14H22N2O/c1-11-5-3-7-13(9-11)17-10-12-6-4-8-16-14(12)15-2/h4,6,8,11,13H,3,5,7,9-10H2,1-2H3,(H,15,16). The number of pyridine rings is 1. The molecule has 2 unspecified atom stereocenters. The second kappa shape index (κ2) is 6.01. The van der Waals surface area contributed by atoms with Crippen LogP contribution in [0.1, 0.15) is 38.2 Å². The number of anilines is 1. The molecule has 0 aromatic carbocycles. The van der Waals surface area contributed by atoms with Crippen LogP contribution < -0.4 is 5.32 Å². The van der Waals surface area contributed by atoms with Gasteiger partial charge in [0.1, 0.15) is 5.82 Å². The predicted octanol–water partition coefficient (Wildman–Crippen LogP) is 3.22. The minimum absolute atomic E-state index is 0.434. The van der Waals surface area contributed by atoms with Crippen LogP contribution in [0.3, 0.4) is 0 Å². The fraction of sp³-hybridized carbons (Fsp3) is 0.643. The van der Waals surface area contributed by atoms with E-state index in [1.54, 1.807) is 6.20 Å². The summed E-state index contributed by atoms with van der Waals surface area (Å²) in [5, 5.41) is 3.10. The third kappa shape index (κ3) is 3.43. The summed E-state index contributed by atoms with van der Waals surface area (Å²) in [6, 6.07) is 4.04. The van der Waals surface area contributed by atoms with Gasteiger partial charge < -0.3 is 10.1 Å². The minimum atomic E-state index is 0.434. The zero-order valence-electron chi connectivity index (χ0n) is 10.8. The molecule has 0 spiro atoms. The van der Waals surface area contributed by atoms with Gasteiger partial charge in [0.15, 0.2) is 0 Å². The minimum Gasteiger partial charge on any atom is -0.373 e. The van der Waals surface area contributed by atoms with Gasteiger partial charge in [-0.05, 0) is 24.8 Å². The zero-order valence-corrected chi connectivity index (χ0v) is 10.8. The molecule has 1 fully saturated rings. The van der Waals surface area contributed by atoms with Crippen molar-refractivity contribution < 1.29 is 4.74 Å². The fourth-order valence-corrected chi connectivity index (χ4v) is 2.52. The van der Waals surface area contributed by atoms with Crippen molar-refractivity contribution in [1.82, 2.24) is 4.98 Å². The molecule has 0 bridgehead atoms. The van der Waals surface area contributed by atoms with E-state index in [0.29, 0.717) is 12.7 Å². The first-order chi connectivity index (χ1) is 8.29. The number of nitrogens with one attached hydrogen (secondary N) is 1. The van der Waals surface area contributed by atoms with Crippen LogP contribution in [0.5, 0.6) is 0 Å². The van der Waals surface area contributed by atoms with Gasteiger partial charge in [-0.15, -0.1) is 0 Å². The van der Waals surface area contributed by atoms with Gasteiger partial charge in [0.05, 0.1) is 12.7 Å². The van der Waals surface area contributed by atoms with Crippen LogP contribution in [0.2, 0.25) is 0 Å². The molecule has 2 atom stereocenters. The lowest BCUT2D eigenvalue weighted by atomic mass is 9.89. The Morgan fingerprint density at radius 3 is 3.12 bits per heavy atom. The Kier molecular flexibility index (Phi) is 4.37. The molecular formula is C14H22N2O. The van der Waals surface area contributed by atoms with Crippen LogP contribution in [0.15, 0.2) is 18.3 Å². The highest BCUT2D eigenvalue weighted by molar-refractivity contribution is 5.42. The maximum Gasteiger partial charge on any atom is 0.131 e. The first-order valence-electron chi connectivity index (χ1n) is 6.53. The van der Waals surface area contributed by atoms with Crippen molar-refractivity contribution in [2.24, 2.45) is 5.92 Å². The van der Waals surface area contributed by atoms with E-state index in [1.807, 2.05) is 13.1 Å². The summed E-state index contributed by atoms with van der Waals surface area (Å²) in [6.07, 6.45) is 7.31. The summed E-state index contributed by atoms with van der Waals surface area (Å²) < 4.78 is 6.00. The number of rotatable bonds is 4. The molecule has 1 heterocycles. The number of hydrogen-bond acceptors (Lipinski definition) is 3. The second-order valence-electron chi connectivity index (χ2n) is 4.97. The van der Waals surface area contributed by atoms with Gasteiger partial charge in [-0.25, -0.2) is 4.98 Å². The highest BCUT2D eigenvalue weighted by Gasteiger charge is 2.19. The van der Waals surface area contributed by atoms with Crippen LogP contribution in [0.4, 0.5) is 5.82 Å². The quantitative estimate of drug-likeness (QED) is 0.868. The zero-order chi connectivity index (χ0) is 12.1. The molecule has 0 amide bonds. The maximum absolute atomic E-state index is 6.00. The Morgan fingerprint density at radius 2 is 2.35 bits per heavy atom. The van der Waals surface area contributed by atoms with Crippen molar-refractivity contribution >= 4 is 5.82 Å². The Bertz CT molecular complexity index is 354. The van der Waals surface area contributed by atoms with E-state index in [0.717, 1.165) is 17.3 Å². The molecule has 1 saturated carbocycles. The molecule has 2 rings (SSSR count). The van der Waals surface area contributed by atoms with Gasteiger partial charge in [0.25, 0.3) is 0 Å². The van der Waals surface area contributed by atoms with Crippen LogP contribution in [0, 0.1) is 5.92 Å². The lowest BCUT2D eigenvalue weighted by molar-refractivity contribution is 0.00482. The first-order valence-corrected chi connectivity index (χ1v) is 6.53. The molecule has 17 heavy (non-hydrogen) atoms. The Balaban J connectivity index is 1.88. The van der Waals surface area contributed by atoms with E-state index < -0.39 is 0 Å². The van der Waals surface area contributed by atoms with Crippen molar-refractivity contribution in [3.8, 4) is 0 Å². The molecule has 1 aromatic rings. The molecule has 3 nitrogen and oxygen atoms in total. The van der Waals surface area contributed by atoms with E-state index in [2.05, 4.69) is 23.3 Å². The molecule has 1 aliphatic carbocycles. The summed E-state index contributed by atoms with van der Waals surface area (Å²) in [4.78, 5) is 4.28. The number of ether oxygens (including phenoxy) is 1. The van der Waals surface area contributed by atoms with Gasteiger partial charge in [0, 0.05) is 18.8 Å². The van der Waals surface area contributed by atoms with Crippen LogP contribution in [0.25, 0.3) is 0 Å². The molecular weight excluding hydrogens is 212 g/mol. The second-order valence-corrected chi connectivity index (χ2v) is 4.97. The van der Waals surface area contributed by atoms with Crippen molar-refractivity contribution in [1.29, 1.82) is 0 Å². The summed E-state index contributed by atoms with van der Waals surface area (Å²) in [6.45, 7) is 2.99. The highest BCUT2D eigenvalue weighted by Crippen LogP contribution is 2.26. The van der Waals surface area contributed by atoms with E-state index in [1.165, 1.54) is 25.7 Å². The number of aromatic nitrogens is 1. The van der Waals surface area contributed by atoms with Crippen molar-refractivity contribution in [3.63, 3.8) is 0 Å². The Hall–Kier alpha value is -1.09. The molecule has 94 valence electrons. The average molecular weight is 234 g/mol.